The van der Waals surface area contributed by atoms with Crippen LogP contribution in [0.5, 0.6) is 0 Å². The van der Waals surface area contributed by atoms with Crippen LogP contribution in [0.3, 0.4) is 0 Å². The minimum atomic E-state index is -3.28. The highest BCUT2D eigenvalue weighted by atomic mass is 31.2. The van der Waals surface area contributed by atoms with Crippen LogP contribution in [0.15, 0.2) is 170 Å². The number of hydrogen-bond acceptors (Lipinski definition) is 3. The zero-order valence-corrected chi connectivity index (χ0v) is 27.3. The molecule has 0 fully saturated rings. The number of para-hydroxylation sites is 2. The monoisotopic (exact) mass is 645 g/mol. The molecule has 7 aromatic carbocycles. The molecule has 2 aromatic heterocycles. The Morgan fingerprint density at radius 1 is 0.469 bits per heavy atom. The standard InChI is InChI=1S/C44H28N3OP/c48-49(32-15-5-2-6-16-32)40-22-12-9-18-34(40)36-28-27-35-33-17-8-11-21-39(33)47(42(35)43(36)49)44-45-38-20-10-7-19-37(38)41(46-44)31-25-23-30(24-26-31)29-13-3-1-4-14-29/h1-28H. The van der Waals surface area contributed by atoms with Gasteiger partial charge in [-0.25, -0.2) is 9.97 Å². The molecular weight excluding hydrogens is 617 g/mol. The average molecular weight is 646 g/mol. The molecule has 0 saturated heterocycles. The van der Waals surface area contributed by atoms with E-state index >= 15 is 4.57 Å². The van der Waals surface area contributed by atoms with E-state index in [-0.39, 0.29) is 0 Å². The maximum absolute atomic E-state index is 15.9. The fourth-order valence-corrected chi connectivity index (χ4v) is 10.9. The SMILES string of the molecule is O=P1(c2ccccc2)c2ccccc2-c2ccc3c4ccccc4n(-c4nc(-c5ccc(-c6ccccc6)cc5)c5ccccc5n4)c3c21. The fourth-order valence-electron chi connectivity index (χ4n) is 7.62. The Labute approximate surface area is 283 Å². The van der Waals surface area contributed by atoms with Gasteiger partial charge in [-0.05, 0) is 34.4 Å². The summed E-state index contributed by atoms with van der Waals surface area (Å²) in [7, 11) is -3.28. The van der Waals surface area contributed by atoms with E-state index in [9.17, 15) is 0 Å². The van der Waals surface area contributed by atoms with E-state index in [1.807, 2.05) is 78.9 Å². The minimum absolute atomic E-state index is 0.552. The second-order valence-corrected chi connectivity index (χ2v) is 15.2. The predicted octanol–water partition coefficient (Wildman–Crippen LogP) is 9.68. The van der Waals surface area contributed by atoms with Gasteiger partial charge in [0.05, 0.1) is 27.5 Å². The Morgan fingerprint density at radius 2 is 1.10 bits per heavy atom. The van der Waals surface area contributed by atoms with E-state index < -0.39 is 7.14 Å². The van der Waals surface area contributed by atoms with Crippen LogP contribution >= 0.6 is 7.14 Å². The third-order valence-corrected chi connectivity index (χ3v) is 13.0. The smallest absolute Gasteiger partial charge is 0.235 e. The summed E-state index contributed by atoms with van der Waals surface area (Å²) in [6.07, 6.45) is 0. The van der Waals surface area contributed by atoms with E-state index in [0.717, 1.165) is 76.6 Å². The number of fused-ring (bicyclic) bond motifs is 8. The summed E-state index contributed by atoms with van der Waals surface area (Å²) in [4.78, 5) is 10.6. The summed E-state index contributed by atoms with van der Waals surface area (Å²) in [6, 6.07) is 58.0. The lowest BCUT2D eigenvalue weighted by Crippen LogP contribution is -2.22. The van der Waals surface area contributed by atoms with Crippen LogP contribution in [0, 0.1) is 0 Å². The number of aromatic nitrogens is 3. The molecular formula is C44H28N3OP. The van der Waals surface area contributed by atoms with Gasteiger partial charge in [0.25, 0.3) is 0 Å². The molecule has 1 unspecified atom stereocenters. The zero-order chi connectivity index (χ0) is 32.5. The highest BCUT2D eigenvalue weighted by Crippen LogP contribution is 2.54. The Kier molecular flexibility index (Phi) is 6.12. The van der Waals surface area contributed by atoms with Gasteiger partial charge in [0.1, 0.15) is 0 Å². The molecule has 0 radical (unpaired) electrons. The molecule has 0 bridgehead atoms. The molecule has 4 nitrogen and oxygen atoms in total. The molecule has 9 aromatic rings. The summed E-state index contributed by atoms with van der Waals surface area (Å²) in [5.74, 6) is 0.552. The lowest BCUT2D eigenvalue weighted by Gasteiger charge is -2.18. The molecule has 49 heavy (non-hydrogen) atoms. The quantitative estimate of drug-likeness (QED) is 0.179. The fraction of sp³-hybridized carbons (Fsp3) is 0. The van der Waals surface area contributed by atoms with Crippen LogP contribution in [0.1, 0.15) is 0 Å². The van der Waals surface area contributed by atoms with Gasteiger partial charge in [-0.3, -0.25) is 4.57 Å². The van der Waals surface area contributed by atoms with Gasteiger partial charge < -0.3 is 4.57 Å². The van der Waals surface area contributed by atoms with Crippen molar-refractivity contribution in [2.45, 2.75) is 0 Å². The van der Waals surface area contributed by atoms with Crippen molar-refractivity contribution in [3.63, 3.8) is 0 Å². The van der Waals surface area contributed by atoms with Crippen molar-refractivity contribution < 1.29 is 4.57 Å². The van der Waals surface area contributed by atoms with E-state index in [2.05, 4.69) is 95.6 Å². The van der Waals surface area contributed by atoms with Gasteiger partial charge in [-0.1, -0.05) is 158 Å². The first kappa shape index (κ1) is 28.0. The number of hydrogen-bond donors (Lipinski definition) is 0. The lowest BCUT2D eigenvalue weighted by atomic mass is 10.0. The van der Waals surface area contributed by atoms with Gasteiger partial charge in [0.15, 0.2) is 7.14 Å². The van der Waals surface area contributed by atoms with Crippen molar-refractivity contribution in [1.29, 1.82) is 0 Å². The van der Waals surface area contributed by atoms with Crippen LogP contribution in [0.2, 0.25) is 0 Å². The third-order valence-electron chi connectivity index (χ3n) is 9.83. The Morgan fingerprint density at radius 3 is 1.92 bits per heavy atom. The van der Waals surface area contributed by atoms with E-state index in [4.69, 9.17) is 9.97 Å². The topological polar surface area (TPSA) is 47.8 Å². The van der Waals surface area contributed by atoms with Gasteiger partial charge in [-0.2, -0.15) is 0 Å². The first-order valence-electron chi connectivity index (χ1n) is 16.5. The third kappa shape index (κ3) is 4.08. The second-order valence-electron chi connectivity index (χ2n) is 12.5. The normalized spacial score (nSPS) is 15.1. The Hall–Kier alpha value is -6.09. The Balaban J connectivity index is 1.29. The van der Waals surface area contributed by atoms with E-state index in [1.165, 1.54) is 5.56 Å². The zero-order valence-electron chi connectivity index (χ0n) is 26.4. The molecule has 1 aliphatic rings. The molecule has 0 spiro atoms. The molecule has 0 aliphatic carbocycles. The molecule has 1 aliphatic heterocycles. The first-order chi connectivity index (χ1) is 24.2. The molecule has 10 rings (SSSR count). The largest absolute Gasteiger partial charge is 0.309 e. The number of nitrogens with zero attached hydrogens (tertiary/aromatic N) is 3. The van der Waals surface area contributed by atoms with Gasteiger partial charge in [-0.15, -0.1) is 0 Å². The van der Waals surface area contributed by atoms with Gasteiger partial charge in [0, 0.05) is 32.3 Å². The van der Waals surface area contributed by atoms with Gasteiger partial charge in [0.2, 0.25) is 5.95 Å². The van der Waals surface area contributed by atoms with Gasteiger partial charge >= 0.3 is 0 Å². The van der Waals surface area contributed by atoms with Crippen LogP contribution in [-0.2, 0) is 4.57 Å². The second kappa shape index (κ2) is 10.7. The maximum Gasteiger partial charge on any atom is 0.235 e. The van der Waals surface area contributed by atoms with Crippen molar-refractivity contribution in [1.82, 2.24) is 14.5 Å². The maximum atomic E-state index is 15.9. The van der Waals surface area contributed by atoms with Crippen LogP contribution < -0.4 is 15.9 Å². The molecule has 0 saturated carbocycles. The summed E-state index contributed by atoms with van der Waals surface area (Å²) >= 11 is 0. The van der Waals surface area contributed by atoms with Crippen molar-refractivity contribution >= 4 is 55.8 Å². The van der Waals surface area contributed by atoms with Crippen LogP contribution in [0.25, 0.3) is 72.2 Å². The summed E-state index contributed by atoms with van der Waals surface area (Å²) < 4.78 is 18.1. The Bertz CT molecular complexity index is 2790. The van der Waals surface area contributed by atoms with Crippen molar-refractivity contribution in [2.24, 2.45) is 0 Å². The van der Waals surface area contributed by atoms with Crippen LogP contribution in [-0.4, -0.2) is 14.5 Å². The highest BCUT2D eigenvalue weighted by Gasteiger charge is 2.43. The minimum Gasteiger partial charge on any atom is -0.309 e. The first-order valence-corrected chi connectivity index (χ1v) is 18.2. The molecule has 5 heteroatoms. The summed E-state index contributed by atoms with van der Waals surface area (Å²) in [5, 5.41) is 5.62. The van der Waals surface area contributed by atoms with Crippen LogP contribution in [0.4, 0.5) is 0 Å². The lowest BCUT2D eigenvalue weighted by molar-refractivity contribution is 0.593. The predicted molar refractivity (Wildman–Crippen MR) is 203 cm³/mol. The number of benzene rings is 7. The van der Waals surface area contributed by atoms with Crippen molar-refractivity contribution in [3.05, 3.63) is 170 Å². The molecule has 1 atom stereocenters. The van der Waals surface area contributed by atoms with E-state index in [1.54, 1.807) is 0 Å². The average Bonchev–Trinajstić information content (AvgIpc) is 3.65. The van der Waals surface area contributed by atoms with E-state index in [0.29, 0.717) is 5.95 Å². The summed E-state index contributed by atoms with van der Waals surface area (Å²) in [6.45, 7) is 0. The molecule has 230 valence electrons. The molecule has 0 amide bonds. The van der Waals surface area contributed by atoms with Crippen molar-refractivity contribution in [3.8, 4) is 39.5 Å². The highest BCUT2D eigenvalue weighted by molar-refractivity contribution is 7.86. The van der Waals surface area contributed by atoms with Crippen molar-refractivity contribution in [2.75, 3.05) is 0 Å². The number of rotatable bonds is 4. The summed E-state index contributed by atoms with van der Waals surface area (Å²) in [5.41, 5.74) is 8.91. The molecule has 3 heterocycles. The molecule has 0 N–H and O–H groups in total.